The van der Waals surface area contributed by atoms with E-state index in [0.29, 0.717) is 17.0 Å². The van der Waals surface area contributed by atoms with Crippen LogP contribution in [0.1, 0.15) is 22.8 Å². The quantitative estimate of drug-likeness (QED) is 0.339. The molecule has 2 amide bonds. The fourth-order valence-electron chi connectivity index (χ4n) is 3.77. The SMILES string of the molecule is C=CCn1c(=NC(=O)c2ccc(S(=O)(=O)N(C)Cc3ccccc3)cc2)sc2cc(NC(C)=O)ccc21. The summed E-state index contributed by atoms with van der Waals surface area (Å²) < 4.78 is 30.0. The van der Waals surface area contributed by atoms with Crippen LogP contribution in [0.2, 0.25) is 0 Å². The summed E-state index contributed by atoms with van der Waals surface area (Å²) >= 11 is 1.31. The van der Waals surface area contributed by atoms with Crippen LogP contribution >= 0.6 is 11.3 Å². The first-order valence-corrected chi connectivity index (χ1v) is 13.7. The van der Waals surface area contributed by atoms with Crippen molar-refractivity contribution >= 4 is 49.1 Å². The fourth-order valence-corrected chi connectivity index (χ4v) is 6.01. The van der Waals surface area contributed by atoms with Crippen molar-refractivity contribution in [1.82, 2.24) is 8.87 Å². The Balaban J connectivity index is 1.61. The lowest BCUT2D eigenvalue weighted by atomic mass is 10.2. The molecule has 1 heterocycles. The molecule has 0 atom stereocenters. The van der Waals surface area contributed by atoms with Crippen LogP contribution in [0, 0.1) is 0 Å². The topological polar surface area (TPSA) is 101 Å². The van der Waals surface area contributed by atoms with Gasteiger partial charge in [-0.05, 0) is 48.0 Å². The minimum atomic E-state index is -3.73. The molecule has 0 saturated heterocycles. The van der Waals surface area contributed by atoms with Crippen LogP contribution < -0.4 is 10.1 Å². The molecule has 1 N–H and O–H groups in total. The van der Waals surface area contributed by atoms with Gasteiger partial charge in [0.2, 0.25) is 15.9 Å². The summed E-state index contributed by atoms with van der Waals surface area (Å²) in [6.45, 7) is 5.90. The Morgan fingerprint density at radius 2 is 1.78 bits per heavy atom. The summed E-state index contributed by atoms with van der Waals surface area (Å²) in [5.41, 5.74) is 2.65. The molecule has 4 rings (SSSR count). The first kappa shape index (κ1) is 26.2. The first-order chi connectivity index (χ1) is 17.7. The molecule has 8 nitrogen and oxygen atoms in total. The molecule has 3 aromatic carbocycles. The van der Waals surface area contributed by atoms with E-state index in [9.17, 15) is 18.0 Å². The van der Waals surface area contributed by atoms with Crippen molar-refractivity contribution in [3.8, 4) is 0 Å². The number of hydrogen-bond donors (Lipinski definition) is 1. The van der Waals surface area contributed by atoms with Crippen LogP contribution in [0.3, 0.4) is 0 Å². The van der Waals surface area contributed by atoms with Gasteiger partial charge in [-0.2, -0.15) is 9.30 Å². The van der Waals surface area contributed by atoms with Crippen molar-refractivity contribution in [3.63, 3.8) is 0 Å². The highest BCUT2D eigenvalue weighted by Gasteiger charge is 2.21. The average molecular weight is 535 g/mol. The van der Waals surface area contributed by atoms with E-state index in [1.807, 2.05) is 47.0 Å². The number of amides is 2. The second-order valence-corrected chi connectivity index (χ2v) is 11.4. The number of benzene rings is 3. The van der Waals surface area contributed by atoms with Crippen molar-refractivity contribution in [3.05, 3.63) is 101 Å². The number of allylic oxidation sites excluding steroid dienone is 1. The molecule has 0 fully saturated rings. The van der Waals surface area contributed by atoms with Crippen molar-refractivity contribution in [1.29, 1.82) is 0 Å². The van der Waals surface area contributed by atoms with E-state index < -0.39 is 15.9 Å². The van der Waals surface area contributed by atoms with Gasteiger partial charge in [0.05, 0.1) is 15.1 Å². The van der Waals surface area contributed by atoms with Gasteiger partial charge in [-0.1, -0.05) is 47.7 Å². The average Bonchev–Trinajstić information content (AvgIpc) is 3.20. The summed E-state index contributed by atoms with van der Waals surface area (Å²) in [4.78, 5) is 29.3. The molecule has 0 aliphatic heterocycles. The lowest BCUT2D eigenvalue weighted by Crippen LogP contribution is -2.26. The summed E-state index contributed by atoms with van der Waals surface area (Å²) in [5, 5.41) is 2.75. The van der Waals surface area contributed by atoms with Crippen LogP contribution in [0.5, 0.6) is 0 Å². The zero-order valence-corrected chi connectivity index (χ0v) is 22.1. The molecule has 1 aromatic heterocycles. The maximum Gasteiger partial charge on any atom is 0.279 e. The van der Waals surface area contributed by atoms with Gasteiger partial charge in [0.15, 0.2) is 4.80 Å². The Morgan fingerprint density at radius 1 is 1.08 bits per heavy atom. The van der Waals surface area contributed by atoms with Gasteiger partial charge in [-0.25, -0.2) is 8.42 Å². The van der Waals surface area contributed by atoms with Crippen LogP contribution in [0.4, 0.5) is 5.69 Å². The van der Waals surface area contributed by atoms with E-state index in [4.69, 9.17) is 0 Å². The number of rotatable bonds is 8. The standard InChI is InChI=1S/C27H26N4O4S2/c1-4-16-31-24-15-12-22(28-19(2)32)17-25(24)36-27(31)29-26(33)21-10-13-23(14-11-21)37(34,35)30(3)18-20-8-6-5-7-9-20/h4-15,17H,1,16,18H2,2-3H3,(H,28,32). The Bertz CT molecular complexity index is 1640. The normalized spacial score (nSPS) is 12.1. The van der Waals surface area contributed by atoms with E-state index in [1.54, 1.807) is 12.1 Å². The number of sulfonamides is 1. The number of fused-ring (bicyclic) bond motifs is 1. The Labute approximate surface area is 219 Å². The molecule has 0 unspecified atom stereocenters. The summed E-state index contributed by atoms with van der Waals surface area (Å²) in [6, 6.07) is 20.6. The largest absolute Gasteiger partial charge is 0.326 e. The lowest BCUT2D eigenvalue weighted by Gasteiger charge is -2.17. The number of nitrogens with one attached hydrogen (secondary N) is 1. The number of nitrogens with zero attached hydrogens (tertiary/aromatic N) is 3. The molecule has 0 radical (unpaired) electrons. The lowest BCUT2D eigenvalue weighted by molar-refractivity contribution is -0.114. The summed E-state index contributed by atoms with van der Waals surface area (Å²) in [5.74, 6) is -0.667. The van der Waals surface area contributed by atoms with Crippen LogP contribution in [0.15, 0.2) is 95.3 Å². The maximum absolute atomic E-state index is 13.0. The number of carbonyl (C=O) groups excluding carboxylic acids is 2. The van der Waals surface area contributed by atoms with Crippen molar-refractivity contribution < 1.29 is 18.0 Å². The zero-order valence-electron chi connectivity index (χ0n) is 20.4. The molecule has 0 saturated carbocycles. The van der Waals surface area contributed by atoms with E-state index in [1.165, 1.54) is 53.9 Å². The van der Waals surface area contributed by atoms with E-state index in [-0.39, 0.29) is 22.9 Å². The molecule has 10 heteroatoms. The fraction of sp³-hybridized carbons (Fsp3) is 0.148. The first-order valence-electron chi connectivity index (χ1n) is 11.4. The summed E-state index contributed by atoms with van der Waals surface area (Å²) in [7, 11) is -2.21. The number of aromatic nitrogens is 1. The molecule has 0 bridgehead atoms. The third kappa shape index (κ3) is 5.93. The molecular formula is C27H26N4O4S2. The Morgan fingerprint density at radius 3 is 2.43 bits per heavy atom. The molecule has 4 aromatic rings. The minimum Gasteiger partial charge on any atom is -0.326 e. The van der Waals surface area contributed by atoms with E-state index >= 15 is 0 Å². The highest BCUT2D eigenvalue weighted by atomic mass is 32.2. The van der Waals surface area contributed by atoms with Gasteiger partial charge in [0.1, 0.15) is 0 Å². The highest BCUT2D eigenvalue weighted by Crippen LogP contribution is 2.23. The van der Waals surface area contributed by atoms with E-state index in [0.717, 1.165) is 15.8 Å². The number of thiazole rings is 1. The maximum atomic E-state index is 13.0. The number of hydrogen-bond acceptors (Lipinski definition) is 5. The molecular weight excluding hydrogens is 508 g/mol. The second-order valence-electron chi connectivity index (χ2n) is 8.34. The van der Waals surface area contributed by atoms with Gasteiger partial charge in [-0.15, -0.1) is 6.58 Å². The molecule has 37 heavy (non-hydrogen) atoms. The van der Waals surface area contributed by atoms with Crippen LogP contribution in [-0.2, 0) is 27.9 Å². The predicted octanol–water partition coefficient (Wildman–Crippen LogP) is 4.41. The van der Waals surface area contributed by atoms with Gasteiger partial charge in [0, 0.05) is 38.3 Å². The van der Waals surface area contributed by atoms with Gasteiger partial charge in [-0.3, -0.25) is 9.59 Å². The smallest absolute Gasteiger partial charge is 0.279 e. The molecule has 190 valence electrons. The molecule has 0 spiro atoms. The monoisotopic (exact) mass is 534 g/mol. The van der Waals surface area contributed by atoms with Crippen LogP contribution in [0.25, 0.3) is 10.2 Å². The number of anilines is 1. The summed E-state index contributed by atoms with van der Waals surface area (Å²) in [6.07, 6.45) is 1.71. The van der Waals surface area contributed by atoms with Gasteiger partial charge >= 0.3 is 0 Å². The van der Waals surface area contributed by atoms with Crippen molar-refractivity contribution in [2.24, 2.45) is 4.99 Å². The minimum absolute atomic E-state index is 0.0940. The third-order valence-corrected chi connectivity index (χ3v) is 8.43. The molecule has 0 aliphatic rings. The Hall–Kier alpha value is -3.86. The van der Waals surface area contributed by atoms with Crippen molar-refractivity contribution in [2.75, 3.05) is 12.4 Å². The van der Waals surface area contributed by atoms with Crippen LogP contribution in [-0.4, -0.2) is 36.2 Å². The predicted molar refractivity (Wildman–Crippen MR) is 146 cm³/mol. The second kappa shape index (κ2) is 11.0. The van der Waals surface area contributed by atoms with Crippen molar-refractivity contribution in [2.45, 2.75) is 24.9 Å². The van der Waals surface area contributed by atoms with E-state index in [2.05, 4.69) is 16.9 Å². The third-order valence-electron chi connectivity index (χ3n) is 5.57. The zero-order chi connectivity index (χ0) is 26.6. The Kier molecular flexibility index (Phi) is 7.82. The molecule has 0 aliphatic carbocycles. The number of carbonyl (C=O) groups is 2. The van der Waals surface area contributed by atoms with Gasteiger partial charge < -0.3 is 9.88 Å². The highest BCUT2D eigenvalue weighted by molar-refractivity contribution is 7.89. The van der Waals surface area contributed by atoms with Gasteiger partial charge in [0.25, 0.3) is 5.91 Å².